The molecule has 2 unspecified atom stereocenters. The molecule has 8 aromatic heterocycles. The molecular weight excluding hydrogens is 1880 g/mol. The SMILES string of the molecule is CC(=NCC(=O)c1ccc(C(=O)CCC(=O)O)s1)c1c(C)[nH]n(-c2ccc(C(C)(C)C)cc2)c1=O.CC(=NCC(=O)c1ccc(C(=O)CCCC(=O)O)s1)c1c(C)[nH]n(-c2ccc(C(C)(C)C)cc2)c1=O.CCC(=O)c1ccc(C(=O)CN=C(C)c2c(C)[nH]n(-c3ccc(C(C)(C)C)cc3)c2=O)s1.COC1CN(C(=O)c2ccc(C(=O)CN=C(C)c3c(C)[nH]n(-c4ccc(C(C)(C)C)cc4)c3=O)s2)CC1OC. The van der Waals surface area contributed by atoms with Gasteiger partial charge in [-0.05, 0) is 203 Å². The normalized spacial score (nSPS) is 13.8. The van der Waals surface area contributed by atoms with E-state index >= 15 is 0 Å². The molecule has 142 heavy (non-hydrogen) atoms. The van der Waals surface area contributed by atoms with Gasteiger partial charge in [0.25, 0.3) is 28.1 Å². The molecule has 13 rings (SSSR count). The molecule has 0 saturated carbocycles. The number of methoxy groups -OCH3 is 2. The number of aromatic nitrogens is 8. The number of thiophene rings is 4. The molecule has 1 aliphatic heterocycles. The van der Waals surface area contributed by atoms with Crippen molar-refractivity contribution >= 4 is 127 Å². The zero-order valence-corrected chi connectivity index (χ0v) is 87.8. The second-order valence-corrected chi connectivity index (χ2v) is 43.0. The third-order valence-electron chi connectivity index (χ3n) is 23.9. The van der Waals surface area contributed by atoms with Gasteiger partial charge in [-0.2, -0.15) is 0 Å². The van der Waals surface area contributed by atoms with Gasteiger partial charge in [0, 0.05) is 98.6 Å². The second-order valence-electron chi connectivity index (χ2n) is 38.7. The van der Waals surface area contributed by atoms with Gasteiger partial charge >= 0.3 is 11.9 Å². The summed E-state index contributed by atoms with van der Waals surface area (Å²) in [7, 11) is 3.20. The first-order valence-electron chi connectivity index (χ1n) is 46.4. The predicted octanol–water partition coefficient (Wildman–Crippen LogP) is 18.7. The topological polar surface area (TPSA) is 433 Å². The number of aryl methyl sites for hydroxylation is 4. The van der Waals surface area contributed by atoms with Gasteiger partial charge in [0.05, 0.1) is 90.4 Å². The number of nitrogens with one attached hydrogen (secondary N) is 4. The van der Waals surface area contributed by atoms with Crippen LogP contribution >= 0.6 is 45.3 Å². The lowest BCUT2D eigenvalue weighted by molar-refractivity contribution is -0.138. The Bertz CT molecular complexity index is 7060. The van der Waals surface area contributed by atoms with Crippen LogP contribution in [0.25, 0.3) is 22.7 Å². The highest BCUT2D eigenvalue weighted by Crippen LogP contribution is 2.31. The summed E-state index contributed by atoms with van der Waals surface area (Å²) < 4.78 is 16.8. The fraction of sp³-hybridized carbons (Fsp3) is 0.383. The molecule has 2 atom stereocenters. The molecule has 1 amide bonds. The Morgan fingerprint density at radius 2 is 0.556 bits per heavy atom. The first-order chi connectivity index (χ1) is 66.7. The molecule has 6 N–H and O–H groups in total. The maximum Gasteiger partial charge on any atom is 0.303 e. The third-order valence-corrected chi connectivity index (χ3v) is 28.5. The monoisotopic (exact) mass is 2010 g/mol. The summed E-state index contributed by atoms with van der Waals surface area (Å²) in [5.41, 5.74) is 13.0. The number of benzene rings is 4. The summed E-state index contributed by atoms with van der Waals surface area (Å²) in [6.45, 7) is 41.8. The molecule has 0 bridgehead atoms. The average Bonchev–Trinajstić information content (AvgIpc) is 1.65. The van der Waals surface area contributed by atoms with Crippen molar-refractivity contribution in [3.8, 4) is 22.7 Å². The second kappa shape index (κ2) is 47.3. The van der Waals surface area contributed by atoms with Crippen molar-refractivity contribution in [3.63, 3.8) is 0 Å². The molecule has 0 aliphatic carbocycles. The number of amides is 1. The number of likely N-dealkylation sites (tertiary alicyclic amines) is 1. The van der Waals surface area contributed by atoms with Gasteiger partial charge in [-0.15, -0.1) is 45.3 Å². The van der Waals surface area contributed by atoms with Crippen LogP contribution in [0, 0.1) is 27.7 Å². The summed E-state index contributed by atoms with van der Waals surface area (Å²) in [6, 6.07) is 44.2. The van der Waals surface area contributed by atoms with Crippen molar-refractivity contribution in [2.45, 2.75) is 218 Å². The molecule has 12 aromatic rings. The highest BCUT2D eigenvalue weighted by Gasteiger charge is 2.37. The molecule has 1 aliphatic rings. The fourth-order valence-corrected chi connectivity index (χ4v) is 19.2. The minimum Gasteiger partial charge on any atom is -0.481 e. The fourth-order valence-electron chi connectivity index (χ4n) is 15.5. The molecule has 31 nitrogen and oxygen atoms in total. The van der Waals surface area contributed by atoms with Gasteiger partial charge < -0.3 is 24.6 Å². The highest BCUT2D eigenvalue weighted by molar-refractivity contribution is 7.17. The van der Waals surface area contributed by atoms with E-state index in [2.05, 4.69) is 123 Å². The Kier molecular flexibility index (Phi) is 36.8. The summed E-state index contributed by atoms with van der Waals surface area (Å²) in [6.07, 6.45) is -0.00879. The molecule has 9 heterocycles. The molecule has 1 saturated heterocycles. The number of Topliss-reactive ketones (excluding diaryl/α,β-unsaturated/α-hetero) is 7. The number of H-pyrrole nitrogens is 4. The number of carbonyl (C=O) groups excluding carboxylic acids is 8. The largest absolute Gasteiger partial charge is 0.481 e. The first-order valence-corrected chi connectivity index (χ1v) is 49.7. The summed E-state index contributed by atoms with van der Waals surface area (Å²) in [5, 5.41) is 29.8. The molecule has 750 valence electrons. The van der Waals surface area contributed by atoms with E-state index in [1.54, 1.807) is 110 Å². The number of ether oxygens (including phenoxy) is 2. The Balaban J connectivity index is 0.000000195. The van der Waals surface area contributed by atoms with Gasteiger partial charge in [0.1, 0.15) is 38.4 Å². The van der Waals surface area contributed by atoms with Crippen LogP contribution in [0.5, 0.6) is 0 Å². The van der Waals surface area contributed by atoms with Crippen LogP contribution in [0.1, 0.15) is 301 Å². The molecule has 0 spiro atoms. The van der Waals surface area contributed by atoms with Crippen LogP contribution in [0.15, 0.2) is 185 Å². The van der Waals surface area contributed by atoms with E-state index in [1.165, 1.54) is 47.3 Å². The van der Waals surface area contributed by atoms with Gasteiger partial charge in [-0.1, -0.05) is 139 Å². The minimum atomic E-state index is -1.04. The summed E-state index contributed by atoms with van der Waals surface area (Å²) >= 11 is 4.44. The number of hydrogen-bond acceptors (Lipinski definition) is 24. The van der Waals surface area contributed by atoms with Crippen molar-refractivity contribution in [3.05, 3.63) is 293 Å². The van der Waals surface area contributed by atoms with E-state index in [4.69, 9.17) is 19.7 Å². The quantitative estimate of drug-likeness (QED) is 0.0161. The number of rotatable bonds is 34. The molecule has 1 fully saturated rings. The van der Waals surface area contributed by atoms with Crippen molar-refractivity contribution in [1.29, 1.82) is 0 Å². The van der Waals surface area contributed by atoms with Crippen molar-refractivity contribution in [2.24, 2.45) is 20.0 Å². The van der Waals surface area contributed by atoms with Gasteiger partial charge in [0.15, 0.2) is 40.5 Å². The lowest BCUT2D eigenvalue weighted by Gasteiger charge is -2.19. The van der Waals surface area contributed by atoms with E-state index < -0.39 is 11.9 Å². The lowest BCUT2D eigenvalue weighted by Crippen LogP contribution is -2.29. The van der Waals surface area contributed by atoms with Crippen molar-refractivity contribution in [2.75, 3.05) is 53.5 Å². The van der Waals surface area contributed by atoms with Crippen molar-refractivity contribution < 1.29 is 67.6 Å². The van der Waals surface area contributed by atoms with Crippen LogP contribution in [0.4, 0.5) is 0 Å². The van der Waals surface area contributed by atoms with Gasteiger partial charge in [0.2, 0.25) is 0 Å². The number of carboxylic acid groups (broad SMARTS) is 2. The Morgan fingerprint density at radius 1 is 0.331 bits per heavy atom. The minimum absolute atomic E-state index is 0.00513. The number of hydrogen-bond donors (Lipinski definition) is 6. The van der Waals surface area contributed by atoms with Gasteiger partial charge in [-0.25, -0.2) is 18.7 Å². The van der Waals surface area contributed by atoms with Crippen LogP contribution in [0.2, 0.25) is 0 Å². The van der Waals surface area contributed by atoms with Crippen LogP contribution in [-0.4, -0.2) is 201 Å². The Labute approximate surface area is 840 Å². The highest BCUT2D eigenvalue weighted by atomic mass is 32.1. The van der Waals surface area contributed by atoms with Crippen LogP contribution in [-0.2, 0) is 40.7 Å². The maximum atomic E-state index is 13.2. The molecule has 0 radical (unpaired) electrons. The summed E-state index contributed by atoms with van der Waals surface area (Å²) in [5.74, 6) is -3.53. The number of nitrogens with zero attached hydrogens (tertiary/aromatic N) is 9. The van der Waals surface area contributed by atoms with E-state index in [0.717, 1.165) is 56.5 Å². The lowest BCUT2D eigenvalue weighted by atomic mass is 9.87. The molecule has 35 heteroatoms. The van der Waals surface area contributed by atoms with E-state index in [-0.39, 0.29) is 161 Å². The number of carbonyl (C=O) groups is 10. The summed E-state index contributed by atoms with van der Waals surface area (Å²) in [4.78, 5) is 196. The number of aliphatic carboxylic acids is 2. The van der Waals surface area contributed by atoms with E-state index in [1.807, 2.05) is 111 Å². The number of carboxylic acids is 2. The molecular formula is C107H125N13O18S4. The maximum absolute atomic E-state index is 13.2. The number of aliphatic imine (C=N–C) groups is 4. The Morgan fingerprint density at radius 3 is 0.789 bits per heavy atom. The van der Waals surface area contributed by atoms with E-state index in [0.29, 0.717) is 138 Å². The number of aromatic amines is 4. The zero-order chi connectivity index (χ0) is 105. The third kappa shape index (κ3) is 27.8. The van der Waals surface area contributed by atoms with Crippen molar-refractivity contribution in [1.82, 2.24) is 44.0 Å². The number of ketones is 7. The predicted molar refractivity (Wildman–Crippen MR) is 561 cm³/mol. The first kappa shape index (κ1) is 110. The smallest absolute Gasteiger partial charge is 0.303 e. The van der Waals surface area contributed by atoms with Crippen LogP contribution < -0.4 is 22.2 Å². The molecule has 4 aromatic carbocycles. The van der Waals surface area contributed by atoms with Gasteiger partial charge in [-0.3, -0.25) is 107 Å². The zero-order valence-electron chi connectivity index (χ0n) is 84.6. The Hall–Kier alpha value is -13.6. The van der Waals surface area contributed by atoms with E-state index in [9.17, 15) is 67.1 Å². The van der Waals surface area contributed by atoms with Crippen LogP contribution in [0.3, 0.4) is 0 Å². The standard InChI is InChI=1S/C29H36N4O5S.C27H31N3O5S.C26H29N3O5S.C25H29N3O3S/c1-17(26-18(2)31-33(28(26)36)20-10-8-19(9-11-20)29(3,4)5)30-14-21(34)24-12-13-25(39-24)27(35)32-15-22(37-6)23(16-32)38-7;1-16(28-15-21(32)23-14-13-22(36-23)20(31)7-6-8-24(33)34)25-17(2)29-30(26(25)35)19-11-9-18(10-12-19)27(3,4)5;1-15(27-14-20(31)22-12-11-21(35-22)19(30)10-13-23(32)33)24-16(2)28-29(25(24)34)18-8-6-17(7-9-18)26(3,4)5;1-7-19(29)21-12-13-22(32-21)20(30)14-26-15(2)23-16(3)27-28(24(23)31)18-10-8-17(9-11-18)25(4,5)6/h8-13,22-23,31H,14-16H2,1-7H3;9-14,29H,6-8,15H2,1-5H3,(H,33,34);6-9,11-12,28H,10,13-14H2,1-5H3,(H,32,33);8-13,27H,7,14H2,1-6H3. The average molecular weight is 2010 g/mol.